The number of nitrogens with one attached hydrogen (secondary N) is 2. The zero-order valence-electron chi connectivity index (χ0n) is 10.7. The Morgan fingerprint density at radius 2 is 2.18 bits per heavy atom. The van der Waals surface area contributed by atoms with Gasteiger partial charge in [-0.05, 0) is 30.4 Å². The first kappa shape index (κ1) is 13.0. The van der Waals surface area contributed by atoms with Crippen LogP contribution in [0.15, 0.2) is 11.4 Å². The van der Waals surface area contributed by atoms with E-state index in [1.54, 1.807) is 0 Å². The lowest BCUT2D eigenvalue weighted by molar-refractivity contribution is 0.241. The van der Waals surface area contributed by atoms with Crippen molar-refractivity contribution in [1.82, 2.24) is 15.5 Å². The van der Waals surface area contributed by atoms with Gasteiger partial charge in [-0.1, -0.05) is 0 Å². The van der Waals surface area contributed by atoms with Crippen LogP contribution in [0, 0.1) is 6.92 Å². The third kappa shape index (κ3) is 4.39. The Morgan fingerprint density at radius 3 is 2.88 bits per heavy atom. The fraction of sp³-hybridized carbons (Fsp3) is 0.692. The van der Waals surface area contributed by atoms with Gasteiger partial charge in [-0.3, -0.25) is 4.90 Å². The topological polar surface area (TPSA) is 27.3 Å². The van der Waals surface area contributed by atoms with Gasteiger partial charge in [0.2, 0.25) is 0 Å². The molecule has 0 unspecified atom stereocenters. The molecule has 2 N–H and O–H groups in total. The van der Waals surface area contributed by atoms with Crippen LogP contribution in [-0.2, 0) is 6.42 Å². The molecule has 0 aromatic carbocycles. The maximum Gasteiger partial charge on any atom is 0.0108 e. The van der Waals surface area contributed by atoms with Crippen molar-refractivity contribution in [3.05, 3.63) is 21.9 Å². The minimum atomic E-state index is 1.10. The van der Waals surface area contributed by atoms with E-state index in [9.17, 15) is 0 Å². The summed E-state index contributed by atoms with van der Waals surface area (Å²) in [5.41, 5.74) is 1.44. The molecule has 0 spiro atoms. The van der Waals surface area contributed by atoms with Crippen LogP contribution in [0.2, 0.25) is 0 Å². The predicted molar refractivity (Wildman–Crippen MR) is 74.9 cm³/mol. The second-order valence-electron chi connectivity index (χ2n) is 4.62. The zero-order valence-corrected chi connectivity index (χ0v) is 11.5. The lowest BCUT2D eigenvalue weighted by atomic mass is 10.2. The first-order valence-electron chi connectivity index (χ1n) is 6.53. The van der Waals surface area contributed by atoms with E-state index in [1.165, 1.54) is 36.5 Å². The standard InChI is InChI=1S/C13H23N3S/c1-12-3-11-17-13(12)2-4-14-5-8-16-9-6-15-7-10-16/h3,11,14-15H,2,4-10H2,1H3. The second-order valence-corrected chi connectivity index (χ2v) is 5.62. The Kier molecular flexibility index (Phi) is 5.45. The smallest absolute Gasteiger partial charge is 0.0108 e. The maximum atomic E-state index is 3.54. The fourth-order valence-electron chi connectivity index (χ4n) is 2.16. The van der Waals surface area contributed by atoms with Gasteiger partial charge in [-0.25, -0.2) is 0 Å². The van der Waals surface area contributed by atoms with E-state index in [4.69, 9.17) is 0 Å². The molecule has 0 radical (unpaired) electrons. The molecule has 1 aliphatic heterocycles. The highest BCUT2D eigenvalue weighted by molar-refractivity contribution is 7.10. The van der Waals surface area contributed by atoms with E-state index in [0.29, 0.717) is 0 Å². The van der Waals surface area contributed by atoms with Crippen molar-refractivity contribution in [2.75, 3.05) is 45.8 Å². The van der Waals surface area contributed by atoms with Gasteiger partial charge in [0.25, 0.3) is 0 Å². The summed E-state index contributed by atoms with van der Waals surface area (Å²) in [6.45, 7) is 10.3. The summed E-state index contributed by atoms with van der Waals surface area (Å²) >= 11 is 1.88. The lowest BCUT2D eigenvalue weighted by Crippen LogP contribution is -2.45. The first-order chi connectivity index (χ1) is 8.36. The quantitative estimate of drug-likeness (QED) is 0.743. The van der Waals surface area contributed by atoms with E-state index in [2.05, 4.69) is 33.9 Å². The number of piperazine rings is 1. The van der Waals surface area contributed by atoms with Crippen LogP contribution in [0.3, 0.4) is 0 Å². The molecule has 1 saturated heterocycles. The Hall–Kier alpha value is -0.420. The molecule has 1 aromatic heterocycles. The summed E-state index contributed by atoms with van der Waals surface area (Å²) in [5.74, 6) is 0. The molecule has 0 atom stereocenters. The Labute approximate surface area is 108 Å². The molecule has 0 saturated carbocycles. The summed E-state index contributed by atoms with van der Waals surface area (Å²) in [5, 5.41) is 9.11. The van der Waals surface area contributed by atoms with Gasteiger partial charge in [0.05, 0.1) is 0 Å². The molecule has 2 rings (SSSR count). The number of aryl methyl sites for hydroxylation is 1. The predicted octanol–water partition coefficient (Wildman–Crippen LogP) is 1.09. The highest BCUT2D eigenvalue weighted by Crippen LogP contribution is 2.15. The summed E-state index contributed by atoms with van der Waals surface area (Å²) < 4.78 is 0. The Balaban J connectivity index is 1.53. The van der Waals surface area contributed by atoms with Crippen molar-refractivity contribution in [3.63, 3.8) is 0 Å². The van der Waals surface area contributed by atoms with Crippen LogP contribution in [0.4, 0.5) is 0 Å². The number of nitrogens with zero attached hydrogens (tertiary/aromatic N) is 1. The summed E-state index contributed by atoms with van der Waals surface area (Å²) in [6, 6.07) is 2.21. The van der Waals surface area contributed by atoms with Gasteiger partial charge in [0.1, 0.15) is 0 Å². The SMILES string of the molecule is Cc1ccsc1CCNCCN1CCNCC1. The fourth-order valence-corrected chi connectivity index (χ4v) is 3.07. The van der Waals surface area contributed by atoms with Crippen LogP contribution in [0.25, 0.3) is 0 Å². The average molecular weight is 253 g/mol. The highest BCUT2D eigenvalue weighted by atomic mass is 32.1. The number of hydrogen-bond acceptors (Lipinski definition) is 4. The van der Waals surface area contributed by atoms with Crippen molar-refractivity contribution in [3.8, 4) is 0 Å². The normalized spacial score (nSPS) is 17.5. The Bertz CT molecular complexity index is 318. The van der Waals surface area contributed by atoms with E-state index < -0.39 is 0 Å². The van der Waals surface area contributed by atoms with Gasteiger partial charge in [-0.15, -0.1) is 11.3 Å². The summed E-state index contributed by atoms with van der Waals surface area (Å²) in [6.07, 6.45) is 1.17. The molecule has 0 bridgehead atoms. The molecule has 3 nitrogen and oxygen atoms in total. The molecule has 17 heavy (non-hydrogen) atoms. The summed E-state index contributed by atoms with van der Waals surface area (Å²) in [7, 11) is 0. The maximum absolute atomic E-state index is 3.54. The average Bonchev–Trinajstić information content (AvgIpc) is 2.76. The molecule has 4 heteroatoms. The molecule has 96 valence electrons. The van der Waals surface area contributed by atoms with Gasteiger partial charge < -0.3 is 10.6 Å². The van der Waals surface area contributed by atoms with Crippen LogP contribution in [0.5, 0.6) is 0 Å². The first-order valence-corrected chi connectivity index (χ1v) is 7.41. The number of thiophene rings is 1. The number of hydrogen-bond donors (Lipinski definition) is 2. The molecule has 0 aliphatic carbocycles. The van der Waals surface area contributed by atoms with Crippen LogP contribution < -0.4 is 10.6 Å². The third-order valence-corrected chi connectivity index (χ3v) is 4.39. The zero-order chi connectivity index (χ0) is 11.9. The minimum Gasteiger partial charge on any atom is -0.315 e. The molecular weight excluding hydrogens is 230 g/mol. The van der Waals surface area contributed by atoms with Crippen molar-refractivity contribution < 1.29 is 0 Å². The molecule has 1 fully saturated rings. The molecule has 2 heterocycles. The lowest BCUT2D eigenvalue weighted by Gasteiger charge is -2.27. The van der Waals surface area contributed by atoms with Crippen molar-refractivity contribution >= 4 is 11.3 Å². The molecular formula is C13H23N3S. The van der Waals surface area contributed by atoms with Gasteiger partial charge >= 0.3 is 0 Å². The molecule has 1 aromatic rings. The summed E-state index contributed by atoms with van der Waals surface area (Å²) in [4.78, 5) is 4.06. The van der Waals surface area contributed by atoms with Crippen molar-refractivity contribution in [2.24, 2.45) is 0 Å². The minimum absolute atomic E-state index is 1.10. The Morgan fingerprint density at radius 1 is 1.35 bits per heavy atom. The van der Waals surface area contributed by atoms with Crippen molar-refractivity contribution in [1.29, 1.82) is 0 Å². The van der Waals surface area contributed by atoms with E-state index in [1.807, 2.05) is 11.3 Å². The highest BCUT2D eigenvalue weighted by Gasteiger charge is 2.07. The van der Waals surface area contributed by atoms with E-state index in [-0.39, 0.29) is 0 Å². The molecule has 0 amide bonds. The van der Waals surface area contributed by atoms with Gasteiger partial charge in [0, 0.05) is 50.7 Å². The van der Waals surface area contributed by atoms with Crippen LogP contribution in [-0.4, -0.2) is 50.7 Å². The van der Waals surface area contributed by atoms with Crippen molar-refractivity contribution in [2.45, 2.75) is 13.3 Å². The van der Waals surface area contributed by atoms with Gasteiger partial charge in [0.15, 0.2) is 0 Å². The number of rotatable bonds is 6. The third-order valence-electron chi connectivity index (χ3n) is 3.31. The van der Waals surface area contributed by atoms with E-state index >= 15 is 0 Å². The van der Waals surface area contributed by atoms with Gasteiger partial charge in [-0.2, -0.15) is 0 Å². The molecule has 1 aliphatic rings. The monoisotopic (exact) mass is 253 g/mol. The second kappa shape index (κ2) is 7.11. The van der Waals surface area contributed by atoms with E-state index in [0.717, 1.165) is 26.2 Å². The largest absolute Gasteiger partial charge is 0.315 e. The van der Waals surface area contributed by atoms with Crippen LogP contribution in [0.1, 0.15) is 10.4 Å². The van der Waals surface area contributed by atoms with Crippen LogP contribution >= 0.6 is 11.3 Å².